The summed E-state index contributed by atoms with van der Waals surface area (Å²) in [4.78, 5) is 11.5. The Morgan fingerprint density at radius 3 is 3.00 bits per heavy atom. The van der Waals surface area contributed by atoms with Crippen molar-refractivity contribution in [2.24, 2.45) is 5.92 Å². The number of nitrogens with zero attached hydrogens (tertiary/aromatic N) is 2. The standard InChI is InChI=1S/C11H12N4O2/c16-11(12-6-7-1-2-7)13-8-3-4-9-10(5-8)15-17-14-9/h3-5,7H,1-2,6H2,(H2,12,13,16). The molecule has 0 bridgehead atoms. The van der Waals surface area contributed by atoms with E-state index in [0.29, 0.717) is 22.6 Å². The number of carbonyl (C=O) groups excluding carboxylic acids is 1. The average molecular weight is 232 g/mol. The molecule has 1 heterocycles. The lowest BCUT2D eigenvalue weighted by atomic mass is 10.3. The van der Waals surface area contributed by atoms with Crippen molar-refractivity contribution in [3.8, 4) is 0 Å². The third kappa shape index (κ3) is 2.35. The van der Waals surface area contributed by atoms with Crippen LogP contribution < -0.4 is 10.6 Å². The van der Waals surface area contributed by atoms with Gasteiger partial charge in [-0.25, -0.2) is 9.42 Å². The summed E-state index contributed by atoms with van der Waals surface area (Å²) < 4.78 is 4.58. The maximum absolute atomic E-state index is 11.5. The molecular weight excluding hydrogens is 220 g/mol. The molecule has 88 valence electrons. The Hall–Kier alpha value is -2.11. The van der Waals surface area contributed by atoms with Crippen LogP contribution in [-0.2, 0) is 0 Å². The van der Waals surface area contributed by atoms with E-state index in [2.05, 4.69) is 25.6 Å². The molecule has 2 aromatic rings. The molecule has 0 unspecified atom stereocenters. The van der Waals surface area contributed by atoms with Gasteiger partial charge < -0.3 is 10.6 Å². The van der Waals surface area contributed by atoms with E-state index in [0.717, 1.165) is 6.54 Å². The monoisotopic (exact) mass is 232 g/mol. The van der Waals surface area contributed by atoms with Gasteiger partial charge in [-0.15, -0.1) is 0 Å². The van der Waals surface area contributed by atoms with Gasteiger partial charge in [0.05, 0.1) is 0 Å². The molecule has 2 amide bonds. The number of rotatable bonds is 3. The number of nitrogens with one attached hydrogen (secondary N) is 2. The lowest BCUT2D eigenvalue weighted by Crippen LogP contribution is -2.30. The Morgan fingerprint density at radius 1 is 1.35 bits per heavy atom. The highest BCUT2D eigenvalue weighted by molar-refractivity contribution is 5.91. The Bertz CT molecular complexity index is 547. The van der Waals surface area contributed by atoms with Gasteiger partial charge >= 0.3 is 6.03 Å². The van der Waals surface area contributed by atoms with Gasteiger partial charge in [0.1, 0.15) is 11.0 Å². The third-order valence-corrected chi connectivity index (χ3v) is 2.76. The minimum Gasteiger partial charge on any atom is -0.338 e. The predicted molar refractivity (Wildman–Crippen MR) is 61.5 cm³/mol. The molecule has 0 aliphatic heterocycles. The minimum atomic E-state index is -0.187. The van der Waals surface area contributed by atoms with Gasteiger partial charge in [-0.2, -0.15) is 0 Å². The number of hydrogen-bond donors (Lipinski definition) is 2. The maximum Gasteiger partial charge on any atom is 0.319 e. The van der Waals surface area contributed by atoms with Gasteiger partial charge in [0, 0.05) is 12.2 Å². The average Bonchev–Trinajstić information content (AvgIpc) is 3.04. The Kier molecular flexibility index (Phi) is 2.40. The van der Waals surface area contributed by atoms with Crippen LogP contribution in [0.5, 0.6) is 0 Å². The quantitative estimate of drug-likeness (QED) is 0.844. The van der Waals surface area contributed by atoms with Crippen molar-refractivity contribution in [2.45, 2.75) is 12.8 Å². The SMILES string of the molecule is O=C(NCC1CC1)Nc1ccc2nonc2c1. The van der Waals surface area contributed by atoms with Crippen LogP contribution in [0.4, 0.5) is 10.5 Å². The first-order valence-corrected chi connectivity index (χ1v) is 5.58. The number of benzene rings is 1. The van der Waals surface area contributed by atoms with Gasteiger partial charge in [-0.05, 0) is 47.3 Å². The van der Waals surface area contributed by atoms with Crippen molar-refractivity contribution in [3.63, 3.8) is 0 Å². The molecular formula is C11H12N4O2. The van der Waals surface area contributed by atoms with E-state index in [9.17, 15) is 4.79 Å². The second-order valence-corrected chi connectivity index (χ2v) is 4.25. The second-order valence-electron chi connectivity index (χ2n) is 4.25. The molecule has 0 spiro atoms. The van der Waals surface area contributed by atoms with E-state index in [1.165, 1.54) is 12.8 Å². The molecule has 0 atom stereocenters. The smallest absolute Gasteiger partial charge is 0.319 e. The van der Waals surface area contributed by atoms with Crippen LogP contribution in [0.25, 0.3) is 11.0 Å². The fourth-order valence-corrected chi connectivity index (χ4v) is 1.59. The molecule has 3 rings (SSSR count). The zero-order valence-electron chi connectivity index (χ0n) is 9.14. The van der Waals surface area contributed by atoms with Crippen molar-refractivity contribution in [2.75, 3.05) is 11.9 Å². The highest BCUT2D eigenvalue weighted by atomic mass is 16.6. The van der Waals surface area contributed by atoms with Gasteiger partial charge in [0.2, 0.25) is 0 Å². The van der Waals surface area contributed by atoms with Gasteiger partial charge in [0.25, 0.3) is 0 Å². The lowest BCUT2D eigenvalue weighted by molar-refractivity contribution is 0.251. The molecule has 6 heteroatoms. The molecule has 1 aromatic heterocycles. The van der Waals surface area contributed by atoms with Crippen molar-refractivity contribution in [3.05, 3.63) is 18.2 Å². The van der Waals surface area contributed by atoms with Crippen LogP contribution >= 0.6 is 0 Å². The van der Waals surface area contributed by atoms with Crippen LogP contribution in [-0.4, -0.2) is 22.9 Å². The summed E-state index contributed by atoms with van der Waals surface area (Å²) in [7, 11) is 0. The molecule has 17 heavy (non-hydrogen) atoms. The van der Waals surface area contributed by atoms with Crippen molar-refractivity contribution < 1.29 is 9.42 Å². The second kappa shape index (κ2) is 4.04. The van der Waals surface area contributed by atoms with Gasteiger partial charge in [-0.1, -0.05) is 0 Å². The first kappa shape index (κ1) is 10.1. The van der Waals surface area contributed by atoms with Crippen LogP contribution in [0, 0.1) is 5.92 Å². The Labute approximate surface area is 97.3 Å². The van der Waals surface area contributed by atoms with Crippen LogP contribution in [0.1, 0.15) is 12.8 Å². The molecule has 1 fully saturated rings. The third-order valence-electron chi connectivity index (χ3n) is 2.76. The van der Waals surface area contributed by atoms with E-state index in [4.69, 9.17) is 0 Å². The highest BCUT2D eigenvalue weighted by Crippen LogP contribution is 2.27. The zero-order valence-corrected chi connectivity index (χ0v) is 9.14. The number of amides is 2. The number of hydrogen-bond acceptors (Lipinski definition) is 4. The molecule has 1 aliphatic rings. The number of urea groups is 1. The molecule has 1 aliphatic carbocycles. The Morgan fingerprint density at radius 2 is 2.18 bits per heavy atom. The first-order chi connectivity index (χ1) is 8.31. The van der Waals surface area contributed by atoms with Gasteiger partial charge in [0.15, 0.2) is 0 Å². The van der Waals surface area contributed by atoms with Crippen molar-refractivity contribution in [1.29, 1.82) is 0 Å². The van der Waals surface area contributed by atoms with Gasteiger partial charge in [-0.3, -0.25) is 0 Å². The summed E-state index contributed by atoms with van der Waals surface area (Å²) >= 11 is 0. The van der Waals surface area contributed by atoms with Crippen LogP contribution in [0.2, 0.25) is 0 Å². The van der Waals surface area contributed by atoms with Crippen LogP contribution in [0.3, 0.4) is 0 Å². The summed E-state index contributed by atoms with van der Waals surface area (Å²) in [6.45, 7) is 0.750. The summed E-state index contributed by atoms with van der Waals surface area (Å²) in [5.74, 6) is 0.669. The first-order valence-electron chi connectivity index (χ1n) is 5.58. The fraction of sp³-hybridized carbons (Fsp3) is 0.364. The molecule has 0 radical (unpaired) electrons. The normalized spacial score (nSPS) is 14.8. The highest BCUT2D eigenvalue weighted by Gasteiger charge is 2.21. The molecule has 1 aromatic carbocycles. The van der Waals surface area contributed by atoms with E-state index in [-0.39, 0.29) is 6.03 Å². The largest absolute Gasteiger partial charge is 0.338 e. The number of fused-ring (bicyclic) bond motifs is 1. The number of aromatic nitrogens is 2. The topological polar surface area (TPSA) is 80.0 Å². The zero-order chi connectivity index (χ0) is 11.7. The number of anilines is 1. The van der Waals surface area contributed by atoms with Crippen LogP contribution in [0.15, 0.2) is 22.8 Å². The molecule has 6 nitrogen and oxygen atoms in total. The van der Waals surface area contributed by atoms with E-state index < -0.39 is 0 Å². The molecule has 2 N–H and O–H groups in total. The molecule has 1 saturated carbocycles. The Balaban J connectivity index is 1.64. The number of carbonyl (C=O) groups is 1. The van der Waals surface area contributed by atoms with E-state index in [1.807, 2.05) is 0 Å². The van der Waals surface area contributed by atoms with Crippen molar-refractivity contribution >= 4 is 22.8 Å². The van der Waals surface area contributed by atoms with E-state index in [1.54, 1.807) is 18.2 Å². The minimum absolute atomic E-state index is 0.187. The summed E-state index contributed by atoms with van der Waals surface area (Å²) in [6.07, 6.45) is 2.44. The predicted octanol–water partition coefficient (Wildman–Crippen LogP) is 1.75. The summed E-state index contributed by atoms with van der Waals surface area (Å²) in [5, 5.41) is 13.0. The maximum atomic E-state index is 11.5. The summed E-state index contributed by atoms with van der Waals surface area (Å²) in [6, 6.07) is 5.06. The fourth-order valence-electron chi connectivity index (χ4n) is 1.59. The summed E-state index contributed by atoms with van der Waals surface area (Å²) in [5.41, 5.74) is 1.99. The van der Waals surface area contributed by atoms with Crippen molar-refractivity contribution in [1.82, 2.24) is 15.6 Å². The molecule has 0 saturated heterocycles. The lowest BCUT2D eigenvalue weighted by Gasteiger charge is -2.06. The van der Waals surface area contributed by atoms with E-state index >= 15 is 0 Å².